The van der Waals surface area contributed by atoms with Crippen molar-refractivity contribution in [1.82, 2.24) is 0 Å². The van der Waals surface area contributed by atoms with Crippen LogP contribution in [0.25, 0.3) is 0 Å². The van der Waals surface area contributed by atoms with E-state index in [9.17, 15) is 0 Å². The van der Waals surface area contributed by atoms with Crippen LogP contribution in [0.2, 0.25) is 0 Å². The second-order valence-electron chi connectivity index (χ2n) is 2.80. The van der Waals surface area contributed by atoms with Gasteiger partial charge in [0, 0.05) is 5.75 Å². The van der Waals surface area contributed by atoms with Gasteiger partial charge in [-0.3, -0.25) is 5.41 Å². The van der Waals surface area contributed by atoms with Gasteiger partial charge in [-0.05, 0) is 18.4 Å². The average Bonchev–Trinajstić information content (AvgIpc) is 2.14. The van der Waals surface area contributed by atoms with Crippen LogP contribution in [-0.2, 0) is 6.42 Å². The average molecular weight is 194 g/mol. The molecular formula is C10H14N2S. The van der Waals surface area contributed by atoms with Crippen LogP contribution in [0.4, 0.5) is 0 Å². The minimum atomic E-state index is 0.216. The van der Waals surface area contributed by atoms with Crippen molar-refractivity contribution >= 4 is 16.9 Å². The fourth-order valence-electron chi connectivity index (χ4n) is 1.10. The van der Waals surface area contributed by atoms with E-state index in [-0.39, 0.29) is 5.17 Å². The zero-order valence-corrected chi connectivity index (χ0v) is 8.31. The van der Waals surface area contributed by atoms with E-state index in [1.165, 1.54) is 17.3 Å². The van der Waals surface area contributed by atoms with E-state index in [1.807, 2.05) is 18.2 Å². The summed E-state index contributed by atoms with van der Waals surface area (Å²) in [6.45, 7) is 0. The molecule has 1 aromatic rings. The molecule has 0 saturated heterocycles. The first kappa shape index (κ1) is 10.1. The third-order valence-corrected chi connectivity index (χ3v) is 2.51. The zero-order chi connectivity index (χ0) is 9.52. The number of thioether (sulfide) groups is 1. The van der Waals surface area contributed by atoms with Gasteiger partial charge in [-0.25, -0.2) is 0 Å². The summed E-state index contributed by atoms with van der Waals surface area (Å²) in [6, 6.07) is 10.4. The number of benzene rings is 1. The largest absolute Gasteiger partial charge is 0.379 e. The van der Waals surface area contributed by atoms with Crippen LogP contribution < -0.4 is 5.73 Å². The van der Waals surface area contributed by atoms with E-state index in [2.05, 4.69) is 12.1 Å². The first-order valence-electron chi connectivity index (χ1n) is 4.30. The summed E-state index contributed by atoms with van der Waals surface area (Å²) in [5, 5.41) is 7.23. The van der Waals surface area contributed by atoms with Crippen molar-refractivity contribution in [3.05, 3.63) is 35.9 Å². The topological polar surface area (TPSA) is 49.9 Å². The van der Waals surface area contributed by atoms with Gasteiger partial charge in [0.2, 0.25) is 0 Å². The highest BCUT2D eigenvalue weighted by atomic mass is 32.2. The van der Waals surface area contributed by atoms with E-state index in [0.717, 1.165) is 18.6 Å². The molecule has 0 saturated carbocycles. The maximum Gasteiger partial charge on any atom is 0.151 e. The van der Waals surface area contributed by atoms with Gasteiger partial charge in [-0.1, -0.05) is 42.1 Å². The molecule has 0 radical (unpaired) electrons. The van der Waals surface area contributed by atoms with Gasteiger partial charge in [-0.2, -0.15) is 0 Å². The molecule has 0 fully saturated rings. The van der Waals surface area contributed by atoms with Crippen molar-refractivity contribution in [2.24, 2.45) is 5.73 Å². The molecule has 0 aromatic heterocycles. The minimum absolute atomic E-state index is 0.216. The minimum Gasteiger partial charge on any atom is -0.379 e. The monoisotopic (exact) mass is 194 g/mol. The van der Waals surface area contributed by atoms with Crippen LogP contribution >= 0.6 is 11.8 Å². The van der Waals surface area contributed by atoms with Crippen molar-refractivity contribution in [2.45, 2.75) is 12.8 Å². The fraction of sp³-hybridized carbons (Fsp3) is 0.300. The van der Waals surface area contributed by atoms with Crippen LogP contribution in [0, 0.1) is 5.41 Å². The molecule has 0 spiro atoms. The summed E-state index contributed by atoms with van der Waals surface area (Å²) in [5.74, 6) is 0.935. The molecule has 70 valence electrons. The molecule has 2 nitrogen and oxygen atoms in total. The zero-order valence-electron chi connectivity index (χ0n) is 7.49. The fourth-order valence-corrected chi connectivity index (χ4v) is 1.61. The van der Waals surface area contributed by atoms with Gasteiger partial charge in [-0.15, -0.1) is 0 Å². The Morgan fingerprint density at radius 2 is 2.00 bits per heavy atom. The Hall–Kier alpha value is -0.960. The Labute approximate surface area is 83.0 Å². The quantitative estimate of drug-likeness (QED) is 0.439. The smallest absolute Gasteiger partial charge is 0.151 e. The van der Waals surface area contributed by atoms with Crippen LogP contribution in [0.1, 0.15) is 12.0 Å². The number of nitrogens with one attached hydrogen (secondary N) is 1. The number of hydrogen-bond donors (Lipinski definition) is 2. The summed E-state index contributed by atoms with van der Waals surface area (Å²) in [7, 11) is 0. The van der Waals surface area contributed by atoms with Crippen molar-refractivity contribution in [3.63, 3.8) is 0 Å². The highest BCUT2D eigenvalue weighted by Crippen LogP contribution is 2.06. The molecule has 0 aliphatic carbocycles. The first-order valence-corrected chi connectivity index (χ1v) is 5.28. The standard InChI is InChI=1S/C10H14N2S/c11-10(12)13-8-4-7-9-5-2-1-3-6-9/h1-3,5-6H,4,7-8H2,(H3,11,12). The molecule has 0 heterocycles. The third kappa shape index (κ3) is 4.58. The summed E-state index contributed by atoms with van der Waals surface area (Å²) in [4.78, 5) is 0. The summed E-state index contributed by atoms with van der Waals surface area (Å²) < 4.78 is 0. The van der Waals surface area contributed by atoms with Crippen molar-refractivity contribution in [3.8, 4) is 0 Å². The second-order valence-corrected chi connectivity index (χ2v) is 3.94. The number of aryl methyl sites for hydroxylation is 1. The van der Waals surface area contributed by atoms with E-state index >= 15 is 0 Å². The molecule has 1 rings (SSSR count). The lowest BCUT2D eigenvalue weighted by Crippen LogP contribution is -2.04. The van der Waals surface area contributed by atoms with Crippen LogP contribution in [-0.4, -0.2) is 10.9 Å². The van der Waals surface area contributed by atoms with Crippen LogP contribution in [0.3, 0.4) is 0 Å². The number of rotatable bonds is 4. The van der Waals surface area contributed by atoms with Gasteiger partial charge in [0.1, 0.15) is 0 Å². The Bertz CT molecular complexity index is 259. The Balaban J connectivity index is 2.17. The van der Waals surface area contributed by atoms with Crippen molar-refractivity contribution in [1.29, 1.82) is 5.41 Å². The van der Waals surface area contributed by atoms with Crippen LogP contribution in [0.5, 0.6) is 0 Å². The molecular weight excluding hydrogens is 180 g/mol. The molecule has 1 aromatic carbocycles. The van der Waals surface area contributed by atoms with E-state index in [0.29, 0.717) is 0 Å². The Morgan fingerprint density at radius 1 is 1.31 bits per heavy atom. The SMILES string of the molecule is N=C(N)SCCCc1ccccc1. The maximum absolute atomic E-state index is 7.02. The van der Waals surface area contributed by atoms with Crippen LogP contribution in [0.15, 0.2) is 30.3 Å². The number of amidine groups is 1. The summed E-state index contributed by atoms with van der Waals surface area (Å²) >= 11 is 1.41. The molecule has 0 atom stereocenters. The normalized spacial score (nSPS) is 9.85. The lowest BCUT2D eigenvalue weighted by Gasteiger charge is -1.99. The van der Waals surface area contributed by atoms with Gasteiger partial charge in [0.15, 0.2) is 5.17 Å². The van der Waals surface area contributed by atoms with E-state index in [4.69, 9.17) is 11.1 Å². The van der Waals surface area contributed by atoms with Gasteiger partial charge >= 0.3 is 0 Å². The summed E-state index contributed by atoms with van der Waals surface area (Å²) in [5.41, 5.74) is 6.57. The Kier molecular flexibility index (Phi) is 4.40. The molecule has 0 bridgehead atoms. The predicted molar refractivity (Wildman–Crippen MR) is 59.1 cm³/mol. The molecule has 0 amide bonds. The maximum atomic E-state index is 7.02. The van der Waals surface area contributed by atoms with Gasteiger partial charge in [0.25, 0.3) is 0 Å². The molecule has 0 aliphatic heterocycles. The number of hydrogen-bond acceptors (Lipinski definition) is 2. The molecule has 13 heavy (non-hydrogen) atoms. The lowest BCUT2D eigenvalue weighted by atomic mass is 10.1. The molecule has 0 aliphatic rings. The molecule has 3 N–H and O–H groups in total. The van der Waals surface area contributed by atoms with Crippen molar-refractivity contribution in [2.75, 3.05) is 5.75 Å². The second kappa shape index (κ2) is 5.65. The van der Waals surface area contributed by atoms with Gasteiger partial charge in [0.05, 0.1) is 0 Å². The first-order chi connectivity index (χ1) is 6.29. The highest BCUT2D eigenvalue weighted by molar-refractivity contribution is 8.13. The molecule has 0 unspecified atom stereocenters. The highest BCUT2D eigenvalue weighted by Gasteiger charge is 1.93. The predicted octanol–water partition coefficient (Wildman–Crippen LogP) is 2.25. The van der Waals surface area contributed by atoms with Crippen molar-refractivity contribution < 1.29 is 0 Å². The third-order valence-electron chi connectivity index (χ3n) is 1.71. The van der Waals surface area contributed by atoms with Gasteiger partial charge < -0.3 is 5.73 Å². The Morgan fingerprint density at radius 3 is 2.62 bits per heavy atom. The number of nitrogens with two attached hydrogens (primary N) is 1. The lowest BCUT2D eigenvalue weighted by molar-refractivity contribution is 0.935. The summed E-state index contributed by atoms with van der Waals surface area (Å²) in [6.07, 6.45) is 2.15. The van der Waals surface area contributed by atoms with E-state index < -0.39 is 0 Å². The van der Waals surface area contributed by atoms with E-state index in [1.54, 1.807) is 0 Å². The molecule has 3 heteroatoms.